The zero-order valence-corrected chi connectivity index (χ0v) is 11.1. The van der Waals surface area contributed by atoms with E-state index in [0.29, 0.717) is 18.0 Å². The van der Waals surface area contributed by atoms with Crippen molar-refractivity contribution in [1.82, 2.24) is 0 Å². The molecule has 0 amide bonds. The second-order valence-electron chi connectivity index (χ2n) is 4.87. The van der Waals surface area contributed by atoms with E-state index in [0.717, 1.165) is 11.8 Å². The molecule has 0 saturated heterocycles. The van der Waals surface area contributed by atoms with Gasteiger partial charge in [0.2, 0.25) is 0 Å². The van der Waals surface area contributed by atoms with Gasteiger partial charge in [0.25, 0.3) is 0 Å². The van der Waals surface area contributed by atoms with Crippen LogP contribution >= 0.6 is 0 Å². The summed E-state index contributed by atoms with van der Waals surface area (Å²) in [6, 6.07) is 11.7. The van der Waals surface area contributed by atoms with Crippen molar-refractivity contribution in [2.75, 3.05) is 5.32 Å². The lowest BCUT2D eigenvalue weighted by molar-refractivity contribution is 0.574. The van der Waals surface area contributed by atoms with Gasteiger partial charge in [-0.1, -0.05) is 32.0 Å². The van der Waals surface area contributed by atoms with Crippen molar-refractivity contribution in [1.29, 1.82) is 0 Å². The Morgan fingerprint density at radius 2 is 1.68 bits per heavy atom. The molecule has 0 aromatic heterocycles. The normalized spacial score (nSPS) is 10.8. The molecule has 1 N–H and O–H groups in total. The minimum absolute atomic E-state index is 0.340. The molecule has 0 atom stereocenters. The first-order valence-corrected chi connectivity index (χ1v) is 6.34. The molecule has 2 aromatic carbocycles. The molecule has 3 heteroatoms. The molecule has 0 unspecified atom stereocenters. The lowest BCUT2D eigenvalue weighted by atomic mass is 10.0. The van der Waals surface area contributed by atoms with Gasteiger partial charge in [-0.15, -0.1) is 0 Å². The Bertz CT molecular complexity index is 547. The lowest BCUT2D eigenvalue weighted by Gasteiger charge is -2.10. The summed E-state index contributed by atoms with van der Waals surface area (Å²) in [5.41, 5.74) is 2.64. The number of hydrogen-bond acceptors (Lipinski definition) is 1. The van der Waals surface area contributed by atoms with Crippen LogP contribution < -0.4 is 5.32 Å². The van der Waals surface area contributed by atoms with Crippen molar-refractivity contribution in [3.63, 3.8) is 0 Å². The molecular weight excluding hydrogens is 244 g/mol. The molecule has 0 bridgehead atoms. The molecular formula is C16H17F2N. The van der Waals surface area contributed by atoms with E-state index in [1.807, 2.05) is 24.3 Å². The predicted octanol–water partition coefficient (Wildman–Crippen LogP) is 4.70. The van der Waals surface area contributed by atoms with Gasteiger partial charge in [-0.2, -0.15) is 0 Å². The molecule has 2 aromatic rings. The SMILES string of the molecule is CC(C)c1ccc(NCc2ccc(F)cc2F)cc1. The summed E-state index contributed by atoms with van der Waals surface area (Å²) in [6.07, 6.45) is 0. The van der Waals surface area contributed by atoms with Crippen LogP contribution in [0, 0.1) is 11.6 Å². The molecule has 0 heterocycles. The molecule has 1 nitrogen and oxygen atoms in total. The summed E-state index contributed by atoms with van der Waals surface area (Å²) in [7, 11) is 0. The predicted molar refractivity (Wildman–Crippen MR) is 74.2 cm³/mol. The minimum atomic E-state index is -0.553. The molecule has 100 valence electrons. The van der Waals surface area contributed by atoms with Crippen LogP contribution in [0.25, 0.3) is 0 Å². The maximum absolute atomic E-state index is 13.4. The van der Waals surface area contributed by atoms with E-state index in [1.54, 1.807) is 0 Å². The fourth-order valence-corrected chi connectivity index (χ4v) is 1.85. The first-order chi connectivity index (χ1) is 9.06. The molecule has 0 aliphatic rings. The summed E-state index contributed by atoms with van der Waals surface area (Å²) < 4.78 is 26.2. The zero-order valence-electron chi connectivity index (χ0n) is 11.1. The number of benzene rings is 2. The van der Waals surface area contributed by atoms with E-state index in [9.17, 15) is 8.78 Å². The van der Waals surface area contributed by atoms with Crippen molar-refractivity contribution >= 4 is 5.69 Å². The average Bonchev–Trinajstić information content (AvgIpc) is 2.38. The molecule has 0 radical (unpaired) electrons. The second-order valence-corrected chi connectivity index (χ2v) is 4.87. The highest BCUT2D eigenvalue weighted by molar-refractivity contribution is 5.45. The Morgan fingerprint density at radius 1 is 1.00 bits per heavy atom. The zero-order chi connectivity index (χ0) is 13.8. The molecule has 19 heavy (non-hydrogen) atoms. The van der Waals surface area contributed by atoms with Crippen LogP contribution in [-0.4, -0.2) is 0 Å². The van der Waals surface area contributed by atoms with Crippen LogP contribution in [0.4, 0.5) is 14.5 Å². The molecule has 0 fully saturated rings. The van der Waals surface area contributed by atoms with Gasteiger partial charge in [-0.05, 0) is 29.7 Å². The monoisotopic (exact) mass is 261 g/mol. The summed E-state index contributed by atoms with van der Waals surface area (Å²) in [4.78, 5) is 0. The average molecular weight is 261 g/mol. The molecule has 2 rings (SSSR count). The quantitative estimate of drug-likeness (QED) is 0.841. The topological polar surface area (TPSA) is 12.0 Å². The van der Waals surface area contributed by atoms with Crippen molar-refractivity contribution in [3.8, 4) is 0 Å². The summed E-state index contributed by atoms with van der Waals surface area (Å²) in [6.45, 7) is 4.61. The number of halogens is 2. The van der Waals surface area contributed by atoms with Crippen LogP contribution in [0.5, 0.6) is 0 Å². The summed E-state index contributed by atoms with van der Waals surface area (Å²) in [5, 5.41) is 3.12. The van der Waals surface area contributed by atoms with E-state index in [1.165, 1.54) is 17.7 Å². The van der Waals surface area contributed by atoms with Crippen molar-refractivity contribution in [2.24, 2.45) is 0 Å². The van der Waals surface area contributed by atoms with Gasteiger partial charge in [-0.3, -0.25) is 0 Å². The van der Waals surface area contributed by atoms with Gasteiger partial charge in [0.1, 0.15) is 11.6 Å². The maximum Gasteiger partial charge on any atom is 0.131 e. The molecule has 0 spiro atoms. The Balaban J connectivity index is 2.02. The Hall–Kier alpha value is -1.90. The molecule has 0 aliphatic carbocycles. The van der Waals surface area contributed by atoms with E-state index < -0.39 is 11.6 Å². The van der Waals surface area contributed by atoms with Crippen molar-refractivity contribution in [3.05, 3.63) is 65.2 Å². The minimum Gasteiger partial charge on any atom is -0.381 e. The van der Waals surface area contributed by atoms with E-state index in [-0.39, 0.29) is 0 Å². The Kier molecular flexibility index (Phi) is 4.15. The van der Waals surface area contributed by atoms with Crippen LogP contribution in [0.1, 0.15) is 30.9 Å². The molecule has 0 saturated carbocycles. The van der Waals surface area contributed by atoms with Crippen LogP contribution in [0.3, 0.4) is 0 Å². The largest absolute Gasteiger partial charge is 0.381 e. The number of anilines is 1. The van der Waals surface area contributed by atoms with Crippen molar-refractivity contribution < 1.29 is 8.78 Å². The fourth-order valence-electron chi connectivity index (χ4n) is 1.85. The van der Waals surface area contributed by atoms with E-state index in [4.69, 9.17) is 0 Å². The van der Waals surface area contributed by atoms with Gasteiger partial charge >= 0.3 is 0 Å². The van der Waals surface area contributed by atoms with Gasteiger partial charge in [0, 0.05) is 23.9 Å². The van der Waals surface area contributed by atoms with Crippen LogP contribution in [-0.2, 0) is 6.54 Å². The van der Waals surface area contributed by atoms with Gasteiger partial charge < -0.3 is 5.32 Å². The summed E-state index contributed by atoms with van der Waals surface area (Å²) >= 11 is 0. The Morgan fingerprint density at radius 3 is 2.26 bits per heavy atom. The molecule has 0 aliphatic heterocycles. The third-order valence-corrected chi connectivity index (χ3v) is 3.08. The first kappa shape index (κ1) is 13.5. The second kappa shape index (κ2) is 5.83. The first-order valence-electron chi connectivity index (χ1n) is 6.34. The van der Waals surface area contributed by atoms with Gasteiger partial charge in [0.05, 0.1) is 0 Å². The standard InChI is InChI=1S/C16H17F2N/c1-11(2)12-4-7-15(8-5-12)19-10-13-3-6-14(17)9-16(13)18/h3-9,11,19H,10H2,1-2H3. The van der Waals surface area contributed by atoms with Crippen molar-refractivity contribution in [2.45, 2.75) is 26.3 Å². The number of rotatable bonds is 4. The van der Waals surface area contributed by atoms with Crippen LogP contribution in [0.15, 0.2) is 42.5 Å². The maximum atomic E-state index is 13.4. The van der Waals surface area contributed by atoms with Gasteiger partial charge in [-0.25, -0.2) is 8.78 Å². The highest BCUT2D eigenvalue weighted by Crippen LogP contribution is 2.18. The highest BCUT2D eigenvalue weighted by Gasteiger charge is 2.04. The smallest absolute Gasteiger partial charge is 0.131 e. The van der Waals surface area contributed by atoms with Gasteiger partial charge in [0.15, 0.2) is 0 Å². The fraction of sp³-hybridized carbons (Fsp3) is 0.250. The number of nitrogens with one attached hydrogen (secondary N) is 1. The van der Waals surface area contributed by atoms with E-state index in [2.05, 4.69) is 19.2 Å². The lowest BCUT2D eigenvalue weighted by Crippen LogP contribution is -2.02. The number of hydrogen-bond donors (Lipinski definition) is 1. The van der Waals surface area contributed by atoms with Crippen LogP contribution in [0.2, 0.25) is 0 Å². The van der Waals surface area contributed by atoms with E-state index >= 15 is 0 Å². The third-order valence-electron chi connectivity index (χ3n) is 3.08. The summed E-state index contributed by atoms with van der Waals surface area (Å²) in [5.74, 6) is -0.586. The highest BCUT2D eigenvalue weighted by atomic mass is 19.1. The Labute approximate surface area is 112 Å². The third kappa shape index (κ3) is 3.53.